The Kier molecular flexibility index (Phi) is 6.05. The van der Waals surface area contributed by atoms with Crippen molar-refractivity contribution in [2.24, 2.45) is 5.41 Å². The monoisotopic (exact) mass is 287 g/mol. The smallest absolute Gasteiger partial charge is 0.130 e. The van der Waals surface area contributed by atoms with Crippen LogP contribution >= 0.6 is 0 Å². The Balaban J connectivity index is 2.95. The summed E-state index contributed by atoms with van der Waals surface area (Å²) in [5.74, 6) is -1.17. The Labute approximate surface area is 118 Å². The molecule has 3 nitrogen and oxygen atoms in total. The molecule has 0 heterocycles. The Hall–Kier alpha value is -1.04. The van der Waals surface area contributed by atoms with Crippen LogP contribution in [0.2, 0.25) is 0 Å². The minimum Gasteiger partial charge on any atom is -0.396 e. The number of benzene rings is 1. The van der Waals surface area contributed by atoms with E-state index in [0.717, 1.165) is 6.07 Å². The average molecular weight is 287 g/mol. The molecule has 0 aliphatic carbocycles. The van der Waals surface area contributed by atoms with Gasteiger partial charge in [-0.1, -0.05) is 19.9 Å². The Morgan fingerprint density at radius 2 is 1.85 bits per heavy atom. The van der Waals surface area contributed by atoms with Crippen molar-refractivity contribution in [3.8, 4) is 0 Å². The van der Waals surface area contributed by atoms with Crippen LogP contribution in [0.4, 0.5) is 8.78 Å². The van der Waals surface area contributed by atoms with Crippen molar-refractivity contribution in [2.75, 3.05) is 26.8 Å². The molecule has 0 fully saturated rings. The topological polar surface area (TPSA) is 43.7 Å². The number of hydrogen-bond donors (Lipinski definition) is 2. The van der Waals surface area contributed by atoms with Gasteiger partial charge in [0.25, 0.3) is 0 Å². The van der Waals surface area contributed by atoms with Crippen LogP contribution in [-0.2, 0) is 0 Å². The molecule has 1 rings (SSSR count). The Morgan fingerprint density at radius 3 is 2.30 bits per heavy atom. The quantitative estimate of drug-likeness (QED) is 0.809. The van der Waals surface area contributed by atoms with Crippen molar-refractivity contribution >= 4 is 0 Å². The zero-order valence-electron chi connectivity index (χ0n) is 12.2. The van der Waals surface area contributed by atoms with Crippen molar-refractivity contribution in [2.45, 2.75) is 26.3 Å². The fourth-order valence-corrected chi connectivity index (χ4v) is 2.40. The summed E-state index contributed by atoms with van der Waals surface area (Å²) in [7, 11) is 1.81. The lowest BCUT2D eigenvalue weighted by atomic mass is 9.91. The molecule has 0 aliphatic rings. The van der Waals surface area contributed by atoms with E-state index in [1.165, 1.54) is 12.1 Å². The van der Waals surface area contributed by atoms with Gasteiger partial charge in [0.05, 0.1) is 13.2 Å². The molecule has 1 aromatic rings. The first-order valence-corrected chi connectivity index (χ1v) is 6.73. The SMILES string of the molecule is CCC(c1ccc(F)cc1F)N(C)CC(C)(CO)CO. The summed E-state index contributed by atoms with van der Waals surface area (Å²) in [4.78, 5) is 1.88. The number of hydrogen-bond acceptors (Lipinski definition) is 3. The third kappa shape index (κ3) is 3.98. The van der Waals surface area contributed by atoms with Crippen LogP contribution in [-0.4, -0.2) is 41.9 Å². The number of nitrogens with zero attached hydrogens (tertiary/aromatic N) is 1. The highest BCUT2D eigenvalue weighted by Crippen LogP contribution is 2.28. The lowest BCUT2D eigenvalue weighted by Gasteiger charge is -2.35. The molecule has 5 heteroatoms. The van der Waals surface area contributed by atoms with Gasteiger partial charge < -0.3 is 10.2 Å². The third-order valence-corrected chi connectivity index (χ3v) is 3.63. The van der Waals surface area contributed by atoms with Gasteiger partial charge in [0, 0.05) is 29.6 Å². The minimum atomic E-state index is -0.654. The number of halogens is 2. The highest BCUT2D eigenvalue weighted by atomic mass is 19.1. The van der Waals surface area contributed by atoms with E-state index in [2.05, 4.69) is 0 Å². The first-order chi connectivity index (χ1) is 9.36. The summed E-state index contributed by atoms with van der Waals surface area (Å²) >= 11 is 0. The van der Waals surface area contributed by atoms with Gasteiger partial charge in [0.15, 0.2) is 0 Å². The lowest BCUT2D eigenvalue weighted by Crippen LogP contribution is -2.40. The van der Waals surface area contributed by atoms with Crippen LogP contribution in [0.15, 0.2) is 18.2 Å². The molecule has 0 aromatic heterocycles. The molecule has 1 aromatic carbocycles. The van der Waals surface area contributed by atoms with E-state index in [-0.39, 0.29) is 19.3 Å². The van der Waals surface area contributed by atoms with Crippen LogP contribution < -0.4 is 0 Å². The van der Waals surface area contributed by atoms with Gasteiger partial charge >= 0.3 is 0 Å². The predicted molar refractivity (Wildman–Crippen MR) is 74.3 cm³/mol. The van der Waals surface area contributed by atoms with Crippen molar-refractivity contribution < 1.29 is 19.0 Å². The number of aliphatic hydroxyl groups is 2. The summed E-state index contributed by atoms with van der Waals surface area (Å²) in [5, 5.41) is 18.7. The van der Waals surface area contributed by atoms with E-state index in [0.29, 0.717) is 18.5 Å². The third-order valence-electron chi connectivity index (χ3n) is 3.63. The van der Waals surface area contributed by atoms with Gasteiger partial charge in [-0.2, -0.15) is 0 Å². The minimum absolute atomic E-state index is 0.157. The molecule has 0 bridgehead atoms. The Bertz CT molecular complexity index is 436. The maximum Gasteiger partial charge on any atom is 0.130 e. The van der Waals surface area contributed by atoms with Crippen LogP contribution in [0, 0.1) is 17.0 Å². The molecule has 20 heavy (non-hydrogen) atoms. The number of aliphatic hydroxyl groups excluding tert-OH is 2. The first-order valence-electron chi connectivity index (χ1n) is 6.73. The second-order valence-corrected chi connectivity index (χ2v) is 5.63. The standard InChI is InChI=1S/C15H23F2NO2/c1-4-14(12-6-5-11(16)7-13(12)17)18(3)8-15(2,9-19)10-20/h5-7,14,19-20H,4,8-10H2,1-3H3. The first kappa shape index (κ1) is 17.0. The molecule has 0 spiro atoms. The van der Waals surface area contributed by atoms with Gasteiger partial charge in [0.2, 0.25) is 0 Å². The van der Waals surface area contributed by atoms with E-state index in [4.69, 9.17) is 0 Å². The van der Waals surface area contributed by atoms with Crippen LogP contribution in [0.1, 0.15) is 31.9 Å². The zero-order chi connectivity index (χ0) is 15.3. The van der Waals surface area contributed by atoms with Crippen molar-refractivity contribution in [1.82, 2.24) is 4.90 Å². The maximum atomic E-state index is 13.9. The van der Waals surface area contributed by atoms with Crippen molar-refractivity contribution in [1.29, 1.82) is 0 Å². The summed E-state index contributed by atoms with van der Waals surface area (Å²) < 4.78 is 26.9. The Morgan fingerprint density at radius 1 is 1.25 bits per heavy atom. The van der Waals surface area contributed by atoms with Crippen LogP contribution in [0.3, 0.4) is 0 Å². The summed E-state index contributed by atoms with van der Waals surface area (Å²) in [6, 6.07) is 3.34. The average Bonchev–Trinajstić information content (AvgIpc) is 2.41. The summed E-state index contributed by atoms with van der Waals surface area (Å²) in [5.41, 5.74) is -0.229. The van der Waals surface area contributed by atoms with Gasteiger partial charge in [-0.3, -0.25) is 4.90 Å². The molecule has 1 unspecified atom stereocenters. The molecule has 0 radical (unpaired) electrons. The molecular weight excluding hydrogens is 264 g/mol. The van der Waals surface area contributed by atoms with Crippen molar-refractivity contribution in [3.05, 3.63) is 35.4 Å². The summed E-state index contributed by atoms with van der Waals surface area (Å²) in [6.45, 7) is 3.78. The highest BCUT2D eigenvalue weighted by Gasteiger charge is 2.28. The van der Waals surface area contributed by atoms with E-state index in [1.807, 2.05) is 11.8 Å². The van der Waals surface area contributed by atoms with E-state index >= 15 is 0 Å². The second-order valence-electron chi connectivity index (χ2n) is 5.63. The predicted octanol–water partition coefficient (Wildman–Crippen LogP) is 2.34. The van der Waals surface area contributed by atoms with Gasteiger partial charge in [-0.25, -0.2) is 8.78 Å². The molecule has 0 saturated carbocycles. The molecule has 0 saturated heterocycles. The van der Waals surface area contributed by atoms with E-state index < -0.39 is 17.0 Å². The number of rotatable bonds is 7. The fraction of sp³-hybridized carbons (Fsp3) is 0.600. The van der Waals surface area contributed by atoms with Gasteiger partial charge in [-0.15, -0.1) is 0 Å². The molecule has 1 atom stereocenters. The van der Waals surface area contributed by atoms with Gasteiger partial charge in [0.1, 0.15) is 11.6 Å². The fourth-order valence-electron chi connectivity index (χ4n) is 2.40. The summed E-state index contributed by atoms with van der Waals surface area (Å²) in [6.07, 6.45) is 0.645. The largest absolute Gasteiger partial charge is 0.396 e. The van der Waals surface area contributed by atoms with Crippen LogP contribution in [0.5, 0.6) is 0 Å². The molecule has 114 valence electrons. The van der Waals surface area contributed by atoms with Gasteiger partial charge in [-0.05, 0) is 19.5 Å². The second kappa shape index (κ2) is 7.11. The zero-order valence-corrected chi connectivity index (χ0v) is 12.2. The van der Waals surface area contributed by atoms with E-state index in [1.54, 1.807) is 14.0 Å². The maximum absolute atomic E-state index is 13.9. The lowest BCUT2D eigenvalue weighted by molar-refractivity contribution is 0.0295. The molecule has 0 aliphatic heterocycles. The molecule has 2 N–H and O–H groups in total. The normalized spacial score (nSPS) is 13.8. The van der Waals surface area contributed by atoms with Crippen molar-refractivity contribution in [3.63, 3.8) is 0 Å². The van der Waals surface area contributed by atoms with Crippen LogP contribution in [0.25, 0.3) is 0 Å². The molecule has 0 amide bonds. The highest BCUT2D eigenvalue weighted by molar-refractivity contribution is 5.22. The molecular formula is C15H23F2NO2. The van der Waals surface area contributed by atoms with E-state index in [9.17, 15) is 19.0 Å².